The van der Waals surface area contributed by atoms with Gasteiger partial charge in [-0.25, -0.2) is 0 Å². The van der Waals surface area contributed by atoms with E-state index in [1.54, 1.807) is 18.5 Å². The third kappa shape index (κ3) is 4.79. The van der Waals surface area contributed by atoms with E-state index in [1.807, 2.05) is 50.1 Å². The maximum Gasteiger partial charge on any atom is 0.241 e. The molecule has 5 nitrogen and oxygen atoms in total. The van der Waals surface area contributed by atoms with E-state index in [4.69, 9.17) is 5.73 Å². The summed E-state index contributed by atoms with van der Waals surface area (Å²) in [5, 5.41) is 2.92. The average Bonchev–Trinajstić information content (AvgIpc) is 2.56. The zero-order valence-corrected chi connectivity index (χ0v) is 13.9. The Labute approximate surface area is 137 Å². The Kier molecular flexibility index (Phi) is 5.71. The maximum absolute atomic E-state index is 12.4. The second-order valence-electron chi connectivity index (χ2n) is 5.82. The molecule has 0 bridgehead atoms. The molecule has 2 aromatic rings. The fraction of sp³-hybridized carbons (Fsp3) is 0.333. The summed E-state index contributed by atoms with van der Waals surface area (Å²) in [6, 6.07) is 9.33. The molecule has 0 saturated heterocycles. The number of carbonyl (C=O) groups excluding carboxylic acids is 1. The number of nitrogen functional groups attached to an aromatic ring is 1. The van der Waals surface area contributed by atoms with Crippen molar-refractivity contribution in [1.82, 2.24) is 9.88 Å². The van der Waals surface area contributed by atoms with Gasteiger partial charge in [0.15, 0.2) is 0 Å². The Morgan fingerprint density at radius 3 is 2.65 bits per heavy atom. The van der Waals surface area contributed by atoms with E-state index in [2.05, 4.69) is 10.3 Å². The van der Waals surface area contributed by atoms with Crippen molar-refractivity contribution < 1.29 is 4.79 Å². The Bertz CT molecular complexity index is 657. The van der Waals surface area contributed by atoms with Crippen LogP contribution in [0, 0.1) is 6.92 Å². The third-order valence-corrected chi connectivity index (χ3v) is 4.09. The van der Waals surface area contributed by atoms with Crippen LogP contribution in [0.5, 0.6) is 0 Å². The van der Waals surface area contributed by atoms with Crippen molar-refractivity contribution in [2.45, 2.75) is 26.3 Å². The van der Waals surface area contributed by atoms with E-state index >= 15 is 0 Å². The topological polar surface area (TPSA) is 71.2 Å². The number of nitrogens with zero attached hydrogens (tertiary/aromatic N) is 2. The van der Waals surface area contributed by atoms with Crippen molar-refractivity contribution >= 4 is 17.3 Å². The van der Waals surface area contributed by atoms with Crippen molar-refractivity contribution in [3.63, 3.8) is 0 Å². The molecule has 2 rings (SSSR count). The van der Waals surface area contributed by atoms with Gasteiger partial charge < -0.3 is 11.1 Å². The highest BCUT2D eigenvalue weighted by atomic mass is 16.2. The lowest BCUT2D eigenvalue weighted by Gasteiger charge is -2.24. The predicted octanol–water partition coefficient (Wildman–Crippen LogP) is 2.47. The van der Waals surface area contributed by atoms with Gasteiger partial charge in [-0.3, -0.25) is 14.7 Å². The van der Waals surface area contributed by atoms with E-state index in [-0.39, 0.29) is 11.9 Å². The lowest BCUT2D eigenvalue weighted by molar-refractivity contribution is -0.120. The molecule has 0 radical (unpaired) electrons. The summed E-state index contributed by atoms with van der Waals surface area (Å²) in [6.07, 6.45) is 4.45. The molecule has 3 N–H and O–H groups in total. The van der Waals surface area contributed by atoms with Crippen LogP contribution in [0.3, 0.4) is 0 Å². The molecule has 0 aliphatic carbocycles. The van der Waals surface area contributed by atoms with Gasteiger partial charge in [0.2, 0.25) is 5.91 Å². The van der Waals surface area contributed by atoms with E-state index in [0.717, 1.165) is 24.2 Å². The first-order valence-electron chi connectivity index (χ1n) is 7.73. The number of aryl methyl sites for hydroxylation is 1. The summed E-state index contributed by atoms with van der Waals surface area (Å²) in [4.78, 5) is 18.4. The number of carbonyl (C=O) groups is 1. The van der Waals surface area contributed by atoms with Crippen LogP contribution in [0.15, 0.2) is 42.7 Å². The monoisotopic (exact) mass is 312 g/mol. The molecule has 1 aromatic heterocycles. The number of hydrogen-bond donors (Lipinski definition) is 2. The lowest BCUT2D eigenvalue weighted by atomic mass is 10.1. The molecule has 1 heterocycles. The minimum absolute atomic E-state index is 0.0366. The maximum atomic E-state index is 12.4. The van der Waals surface area contributed by atoms with Gasteiger partial charge in [0.05, 0.1) is 6.04 Å². The van der Waals surface area contributed by atoms with E-state index in [9.17, 15) is 4.79 Å². The molecule has 122 valence electrons. The number of likely N-dealkylation sites (N-methyl/N-ethyl adjacent to an activating group) is 1. The van der Waals surface area contributed by atoms with Crippen molar-refractivity contribution in [1.29, 1.82) is 0 Å². The fourth-order valence-electron chi connectivity index (χ4n) is 2.21. The molecule has 0 fully saturated rings. The summed E-state index contributed by atoms with van der Waals surface area (Å²) < 4.78 is 0. The van der Waals surface area contributed by atoms with Gasteiger partial charge in [0, 0.05) is 30.3 Å². The number of hydrogen-bond acceptors (Lipinski definition) is 4. The Morgan fingerprint density at radius 1 is 1.30 bits per heavy atom. The Balaban J connectivity index is 1.89. The number of anilines is 2. The largest absolute Gasteiger partial charge is 0.398 e. The average molecular weight is 312 g/mol. The number of nitrogens with one attached hydrogen (secondary N) is 1. The number of pyridine rings is 1. The first kappa shape index (κ1) is 17.0. The van der Waals surface area contributed by atoms with Crippen LogP contribution in [0.4, 0.5) is 11.4 Å². The standard InChI is InChI=1S/C18H24N4O/c1-13-4-5-16(12-17(13)19)21-18(23)14(2)22(3)11-8-15-6-9-20-10-7-15/h4-7,9-10,12,14H,8,11,19H2,1-3H3,(H,21,23). The van der Waals surface area contributed by atoms with Crippen molar-refractivity contribution in [3.8, 4) is 0 Å². The van der Waals surface area contributed by atoms with Crippen LogP contribution < -0.4 is 11.1 Å². The van der Waals surface area contributed by atoms with Gasteiger partial charge in [-0.1, -0.05) is 6.07 Å². The molecule has 5 heteroatoms. The van der Waals surface area contributed by atoms with Gasteiger partial charge in [-0.15, -0.1) is 0 Å². The molecule has 0 aliphatic rings. The van der Waals surface area contributed by atoms with E-state index in [0.29, 0.717) is 5.69 Å². The number of nitrogens with two attached hydrogens (primary N) is 1. The predicted molar refractivity (Wildman–Crippen MR) is 94.3 cm³/mol. The van der Waals surface area contributed by atoms with Gasteiger partial charge >= 0.3 is 0 Å². The second-order valence-corrected chi connectivity index (χ2v) is 5.82. The highest BCUT2D eigenvalue weighted by Crippen LogP contribution is 2.17. The zero-order valence-electron chi connectivity index (χ0n) is 13.9. The number of benzene rings is 1. The summed E-state index contributed by atoms with van der Waals surface area (Å²) in [5.41, 5.74) is 9.51. The summed E-state index contributed by atoms with van der Waals surface area (Å²) in [7, 11) is 1.95. The molecule has 1 amide bonds. The van der Waals surface area contributed by atoms with E-state index in [1.165, 1.54) is 5.56 Å². The van der Waals surface area contributed by atoms with Crippen LogP contribution in [0.25, 0.3) is 0 Å². The fourth-order valence-corrected chi connectivity index (χ4v) is 2.21. The first-order chi connectivity index (χ1) is 11.0. The Morgan fingerprint density at radius 2 is 2.00 bits per heavy atom. The van der Waals surface area contributed by atoms with Crippen LogP contribution in [0.2, 0.25) is 0 Å². The molecule has 0 aliphatic heterocycles. The minimum Gasteiger partial charge on any atom is -0.398 e. The van der Waals surface area contributed by atoms with Crippen LogP contribution in [-0.4, -0.2) is 35.4 Å². The van der Waals surface area contributed by atoms with E-state index < -0.39 is 0 Å². The highest BCUT2D eigenvalue weighted by Gasteiger charge is 2.18. The number of amides is 1. The number of rotatable bonds is 6. The summed E-state index contributed by atoms with van der Waals surface area (Å²) in [5.74, 6) is -0.0366. The molecule has 1 atom stereocenters. The van der Waals surface area contributed by atoms with Gasteiger partial charge in [0.25, 0.3) is 0 Å². The van der Waals surface area contributed by atoms with Crippen molar-refractivity contribution in [3.05, 3.63) is 53.9 Å². The molecule has 23 heavy (non-hydrogen) atoms. The van der Waals surface area contributed by atoms with Crippen molar-refractivity contribution in [2.75, 3.05) is 24.6 Å². The SMILES string of the molecule is Cc1ccc(NC(=O)C(C)N(C)CCc2ccncc2)cc1N. The second kappa shape index (κ2) is 7.74. The van der Waals surface area contributed by atoms with Gasteiger partial charge in [-0.2, -0.15) is 0 Å². The number of aromatic nitrogens is 1. The molecular formula is C18H24N4O. The Hall–Kier alpha value is -2.40. The quantitative estimate of drug-likeness (QED) is 0.804. The summed E-state index contributed by atoms with van der Waals surface area (Å²) >= 11 is 0. The van der Waals surface area contributed by atoms with Crippen LogP contribution in [-0.2, 0) is 11.2 Å². The highest BCUT2D eigenvalue weighted by molar-refractivity contribution is 5.95. The molecular weight excluding hydrogens is 288 g/mol. The van der Waals surface area contributed by atoms with Crippen LogP contribution in [0.1, 0.15) is 18.1 Å². The van der Waals surface area contributed by atoms with Crippen molar-refractivity contribution in [2.24, 2.45) is 0 Å². The summed E-state index contributed by atoms with van der Waals surface area (Å²) in [6.45, 7) is 4.64. The lowest BCUT2D eigenvalue weighted by Crippen LogP contribution is -2.40. The van der Waals surface area contributed by atoms with Gasteiger partial charge in [-0.05, 0) is 62.7 Å². The minimum atomic E-state index is -0.223. The van der Waals surface area contributed by atoms with Crippen LogP contribution >= 0.6 is 0 Å². The zero-order chi connectivity index (χ0) is 16.8. The first-order valence-corrected chi connectivity index (χ1v) is 7.73. The van der Waals surface area contributed by atoms with Gasteiger partial charge in [0.1, 0.15) is 0 Å². The molecule has 0 spiro atoms. The molecule has 1 aromatic carbocycles. The normalized spacial score (nSPS) is 12.2. The third-order valence-electron chi connectivity index (χ3n) is 4.09. The molecule has 0 saturated carbocycles. The molecule has 1 unspecified atom stereocenters. The smallest absolute Gasteiger partial charge is 0.241 e.